The van der Waals surface area contributed by atoms with Crippen LogP contribution >= 0.6 is 0 Å². The van der Waals surface area contributed by atoms with E-state index < -0.39 is 0 Å². The first-order chi connectivity index (χ1) is 23.3. The van der Waals surface area contributed by atoms with Gasteiger partial charge < -0.3 is 14.2 Å². The fourth-order valence-corrected chi connectivity index (χ4v) is 7.19. The number of nitrogens with one attached hydrogen (secondary N) is 1. The first-order valence-corrected chi connectivity index (χ1v) is 15.9. The topological polar surface area (TPSA) is 38.3 Å². The zero-order valence-electron chi connectivity index (χ0n) is 25.3. The summed E-state index contributed by atoms with van der Waals surface area (Å²) in [5.41, 5.74) is 10.4. The molecule has 0 unspecified atom stereocenters. The standard InChI is InChI=1S/C44H27NO2/c1-3-11-34-27(7-1)18-24-41-43(34)42-35(13-6-14-40(42)46-41)29-15-20-32(21-16-29)45-33-10-5-9-30(25-33)31-19-23-39-38(26-31)37-22-17-28-8-2-4-12-36(28)44(37)47-39/h1-26,45H. The van der Waals surface area contributed by atoms with Gasteiger partial charge in [-0.15, -0.1) is 0 Å². The van der Waals surface area contributed by atoms with Crippen LogP contribution in [0, 0.1) is 0 Å². The molecule has 0 aliphatic heterocycles. The normalized spacial score (nSPS) is 11.8. The second-order valence-electron chi connectivity index (χ2n) is 12.2. The molecule has 0 radical (unpaired) electrons. The van der Waals surface area contributed by atoms with E-state index in [4.69, 9.17) is 8.83 Å². The molecular weight excluding hydrogens is 574 g/mol. The molecule has 0 aliphatic carbocycles. The predicted molar refractivity (Wildman–Crippen MR) is 197 cm³/mol. The molecule has 47 heavy (non-hydrogen) atoms. The lowest BCUT2D eigenvalue weighted by Gasteiger charge is -2.11. The molecule has 0 saturated heterocycles. The molecule has 1 N–H and O–H groups in total. The van der Waals surface area contributed by atoms with E-state index in [0.29, 0.717) is 0 Å². The monoisotopic (exact) mass is 601 g/mol. The van der Waals surface area contributed by atoms with Gasteiger partial charge in [0.2, 0.25) is 0 Å². The van der Waals surface area contributed by atoms with E-state index in [2.05, 4.69) is 163 Å². The number of anilines is 2. The van der Waals surface area contributed by atoms with Crippen LogP contribution in [0.3, 0.4) is 0 Å². The van der Waals surface area contributed by atoms with Gasteiger partial charge >= 0.3 is 0 Å². The van der Waals surface area contributed by atoms with Crippen LogP contribution < -0.4 is 5.32 Å². The second-order valence-corrected chi connectivity index (χ2v) is 12.2. The largest absolute Gasteiger partial charge is 0.456 e. The molecule has 220 valence electrons. The molecule has 0 aliphatic rings. The lowest BCUT2D eigenvalue weighted by atomic mass is 9.96. The summed E-state index contributed by atoms with van der Waals surface area (Å²) in [5, 5.41) is 13.0. The summed E-state index contributed by atoms with van der Waals surface area (Å²) in [6, 6.07) is 55.5. The van der Waals surface area contributed by atoms with E-state index in [0.717, 1.165) is 71.9 Å². The molecule has 10 aromatic rings. The highest BCUT2D eigenvalue weighted by molar-refractivity contribution is 6.22. The van der Waals surface area contributed by atoms with Gasteiger partial charge in [-0.1, -0.05) is 103 Å². The molecule has 2 heterocycles. The van der Waals surface area contributed by atoms with Gasteiger partial charge in [0, 0.05) is 38.3 Å². The Labute approximate surface area is 270 Å². The van der Waals surface area contributed by atoms with Gasteiger partial charge in [0.15, 0.2) is 0 Å². The minimum absolute atomic E-state index is 0.904. The summed E-state index contributed by atoms with van der Waals surface area (Å²) < 4.78 is 12.7. The van der Waals surface area contributed by atoms with Crippen LogP contribution in [0.1, 0.15) is 0 Å². The Balaban J connectivity index is 0.984. The molecular formula is C44H27NO2. The summed E-state index contributed by atoms with van der Waals surface area (Å²) >= 11 is 0. The molecule has 2 aromatic heterocycles. The number of furan rings is 2. The molecule has 0 atom stereocenters. The zero-order chi connectivity index (χ0) is 30.9. The Morgan fingerprint density at radius 1 is 0.362 bits per heavy atom. The number of hydrogen-bond acceptors (Lipinski definition) is 3. The van der Waals surface area contributed by atoms with Crippen molar-refractivity contribution >= 4 is 76.8 Å². The molecule has 10 rings (SSSR count). The van der Waals surface area contributed by atoms with Crippen molar-refractivity contribution in [1.29, 1.82) is 0 Å². The van der Waals surface area contributed by atoms with E-state index in [1.54, 1.807) is 0 Å². The maximum atomic E-state index is 6.34. The first kappa shape index (κ1) is 26.0. The number of hydrogen-bond donors (Lipinski definition) is 1. The Kier molecular flexibility index (Phi) is 5.57. The summed E-state index contributed by atoms with van der Waals surface area (Å²) in [5.74, 6) is 0. The van der Waals surface area contributed by atoms with Crippen LogP contribution in [0.25, 0.3) is 87.7 Å². The fourth-order valence-electron chi connectivity index (χ4n) is 7.19. The molecule has 3 nitrogen and oxygen atoms in total. The highest BCUT2D eigenvalue weighted by atomic mass is 16.3. The van der Waals surface area contributed by atoms with E-state index >= 15 is 0 Å². The van der Waals surface area contributed by atoms with E-state index in [-0.39, 0.29) is 0 Å². The van der Waals surface area contributed by atoms with Crippen LogP contribution in [-0.2, 0) is 0 Å². The smallest absolute Gasteiger partial charge is 0.143 e. The highest BCUT2D eigenvalue weighted by Gasteiger charge is 2.15. The minimum atomic E-state index is 0.904. The Bertz CT molecular complexity index is 2820. The van der Waals surface area contributed by atoms with Crippen molar-refractivity contribution in [3.05, 3.63) is 158 Å². The van der Waals surface area contributed by atoms with Gasteiger partial charge in [-0.3, -0.25) is 0 Å². The van der Waals surface area contributed by atoms with E-state index in [9.17, 15) is 0 Å². The van der Waals surface area contributed by atoms with Crippen molar-refractivity contribution in [2.45, 2.75) is 0 Å². The first-order valence-electron chi connectivity index (χ1n) is 15.9. The van der Waals surface area contributed by atoms with Gasteiger partial charge in [0.1, 0.15) is 22.3 Å². The molecule has 0 bridgehead atoms. The van der Waals surface area contributed by atoms with Crippen LogP contribution in [0.5, 0.6) is 0 Å². The maximum absolute atomic E-state index is 6.34. The van der Waals surface area contributed by atoms with Crippen molar-refractivity contribution < 1.29 is 8.83 Å². The SMILES string of the molecule is c1cc(Nc2ccc(-c3cccc4oc5ccc6ccccc6c5c34)cc2)cc(-c2ccc3oc4c5ccccc5ccc4c3c2)c1. The van der Waals surface area contributed by atoms with Gasteiger partial charge in [0.05, 0.1) is 0 Å². The Hall–Kier alpha value is -6.32. The predicted octanol–water partition coefficient (Wildman–Crippen LogP) is 12.9. The fraction of sp³-hybridized carbons (Fsp3) is 0. The van der Waals surface area contributed by atoms with Gasteiger partial charge in [-0.25, -0.2) is 0 Å². The van der Waals surface area contributed by atoms with Crippen molar-refractivity contribution in [3.8, 4) is 22.3 Å². The molecule has 3 heteroatoms. The van der Waals surface area contributed by atoms with Crippen LogP contribution in [0.4, 0.5) is 11.4 Å². The molecule has 8 aromatic carbocycles. The third kappa shape index (κ3) is 4.14. The third-order valence-electron chi connectivity index (χ3n) is 9.43. The van der Waals surface area contributed by atoms with Gasteiger partial charge in [0.25, 0.3) is 0 Å². The Morgan fingerprint density at radius 3 is 1.96 bits per heavy atom. The number of benzene rings is 8. The second kappa shape index (κ2) is 10.1. The van der Waals surface area contributed by atoms with Crippen LogP contribution in [-0.4, -0.2) is 0 Å². The van der Waals surface area contributed by atoms with Crippen LogP contribution in [0.2, 0.25) is 0 Å². The van der Waals surface area contributed by atoms with Crippen molar-refractivity contribution in [2.75, 3.05) is 5.32 Å². The van der Waals surface area contributed by atoms with Crippen molar-refractivity contribution in [2.24, 2.45) is 0 Å². The highest BCUT2D eigenvalue weighted by Crippen LogP contribution is 2.41. The average Bonchev–Trinajstić information content (AvgIpc) is 3.71. The maximum Gasteiger partial charge on any atom is 0.143 e. The molecule has 0 fully saturated rings. The lowest BCUT2D eigenvalue weighted by molar-refractivity contribution is 0.669. The van der Waals surface area contributed by atoms with Gasteiger partial charge in [-0.05, 0) is 93.0 Å². The molecule has 0 saturated carbocycles. The molecule has 0 amide bonds. The summed E-state index contributed by atoms with van der Waals surface area (Å²) in [6.45, 7) is 0. The van der Waals surface area contributed by atoms with E-state index in [1.165, 1.54) is 27.1 Å². The quantitative estimate of drug-likeness (QED) is 0.218. The van der Waals surface area contributed by atoms with Gasteiger partial charge in [-0.2, -0.15) is 0 Å². The summed E-state index contributed by atoms with van der Waals surface area (Å²) in [7, 11) is 0. The zero-order valence-corrected chi connectivity index (χ0v) is 25.3. The third-order valence-corrected chi connectivity index (χ3v) is 9.43. The van der Waals surface area contributed by atoms with Crippen LogP contribution in [0.15, 0.2) is 167 Å². The lowest BCUT2D eigenvalue weighted by Crippen LogP contribution is -1.91. The number of fused-ring (bicyclic) bond motifs is 10. The molecule has 0 spiro atoms. The van der Waals surface area contributed by atoms with Crippen molar-refractivity contribution in [1.82, 2.24) is 0 Å². The van der Waals surface area contributed by atoms with Crippen molar-refractivity contribution in [3.63, 3.8) is 0 Å². The summed E-state index contributed by atoms with van der Waals surface area (Å²) in [6.07, 6.45) is 0. The van der Waals surface area contributed by atoms with E-state index in [1.807, 2.05) is 0 Å². The Morgan fingerprint density at radius 2 is 1.06 bits per heavy atom. The minimum Gasteiger partial charge on any atom is -0.456 e. The number of rotatable bonds is 4. The summed E-state index contributed by atoms with van der Waals surface area (Å²) in [4.78, 5) is 0. The average molecular weight is 602 g/mol.